The molecule has 1 aromatic carbocycles. The monoisotopic (exact) mass is 278 g/mol. The Morgan fingerprint density at radius 1 is 1.30 bits per heavy atom. The van der Waals surface area contributed by atoms with E-state index < -0.39 is 6.29 Å². The second-order valence-corrected chi connectivity index (χ2v) is 4.91. The maximum atomic E-state index is 11.8. The van der Waals surface area contributed by atoms with E-state index in [2.05, 4.69) is 0 Å². The van der Waals surface area contributed by atoms with Crippen molar-refractivity contribution in [2.45, 2.75) is 32.7 Å². The molecule has 1 fully saturated rings. The summed E-state index contributed by atoms with van der Waals surface area (Å²) in [7, 11) is 0. The van der Waals surface area contributed by atoms with Crippen molar-refractivity contribution in [3.8, 4) is 0 Å². The van der Waals surface area contributed by atoms with Gasteiger partial charge in [0.05, 0.1) is 11.7 Å². The molecule has 0 radical (unpaired) electrons. The SMILES string of the molecule is CC(=O)OC1O[C@H](COC(=O)c2ccccc2)C[C@@H]1C. The van der Waals surface area contributed by atoms with Crippen molar-refractivity contribution in [2.75, 3.05) is 6.61 Å². The van der Waals surface area contributed by atoms with Crippen LogP contribution in [0.15, 0.2) is 30.3 Å². The van der Waals surface area contributed by atoms with Gasteiger partial charge in [0.2, 0.25) is 6.29 Å². The van der Waals surface area contributed by atoms with Crippen LogP contribution in [0.5, 0.6) is 0 Å². The number of hydrogen-bond donors (Lipinski definition) is 0. The van der Waals surface area contributed by atoms with Crippen LogP contribution in [-0.4, -0.2) is 30.9 Å². The minimum absolute atomic E-state index is 0.0966. The molecule has 0 N–H and O–H groups in total. The van der Waals surface area contributed by atoms with Crippen molar-refractivity contribution in [3.05, 3.63) is 35.9 Å². The first-order valence-corrected chi connectivity index (χ1v) is 6.61. The molecular formula is C15H18O5. The third-order valence-corrected chi connectivity index (χ3v) is 3.12. The Balaban J connectivity index is 1.81. The summed E-state index contributed by atoms with van der Waals surface area (Å²) in [6.07, 6.45) is -0.0880. The van der Waals surface area contributed by atoms with Crippen molar-refractivity contribution in [2.24, 2.45) is 5.92 Å². The van der Waals surface area contributed by atoms with E-state index in [1.165, 1.54) is 6.92 Å². The Hall–Kier alpha value is -1.88. The fraction of sp³-hybridized carbons (Fsp3) is 0.467. The van der Waals surface area contributed by atoms with Crippen molar-refractivity contribution >= 4 is 11.9 Å². The van der Waals surface area contributed by atoms with Gasteiger partial charge in [-0.25, -0.2) is 4.79 Å². The Morgan fingerprint density at radius 2 is 2.00 bits per heavy atom. The van der Waals surface area contributed by atoms with E-state index in [0.29, 0.717) is 12.0 Å². The Bertz CT molecular complexity index is 470. The molecule has 2 rings (SSSR count). The summed E-state index contributed by atoms with van der Waals surface area (Å²) < 4.78 is 15.8. The third-order valence-electron chi connectivity index (χ3n) is 3.12. The molecule has 108 valence electrons. The highest BCUT2D eigenvalue weighted by atomic mass is 16.7. The van der Waals surface area contributed by atoms with Gasteiger partial charge in [0.15, 0.2) is 0 Å². The van der Waals surface area contributed by atoms with Crippen LogP contribution in [0.25, 0.3) is 0 Å². The lowest BCUT2D eigenvalue weighted by Gasteiger charge is -2.15. The van der Waals surface area contributed by atoms with Crippen molar-refractivity contribution in [1.29, 1.82) is 0 Å². The fourth-order valence-corrected chi connectivity index (χ4v) is 2.15. The average Bonchev–Trinajstić information content (AvgIpc) is 2.77. The van der Waals surface area contributed by atoms with Crippen molar-refractivity contribution in [1.82, 2.24) is 0 Å². The molecule has 0 amide bonds. The summed E-state index contributed by atoms with van der Waals surface area (Å²) in [5, 5.41) is 0. The van der Waals surface area contributed by atoms with E-state index in [0.717, 1.165) is 0 Å². The van der Waals surface area contributed by atoms with Crippen LogP contribution >= 0.6 is 0 Å². The van der Waals surface area contributed by atoms with Gasteiger partial charge in [-0.1, -0.05) is 25.1 Å². The number of rotatable bonds is 4. The second kappa shape index (κ2) is 6.52. The molecule has 0 bridgehead atoms. The summed E-state index contributed by atoms with van der Waals surface area (Å²) in [5.74, 6) is -0.652. The summed E-state index contributed by atoms with van der Waals surface area (Å²) in [6.45, 7) is 3.45. The lowest BCUT2D eigenvalue weighted by Crippen LogP contribution is -2.23. The lowest BCUT2D eigenvalue weighted by molar-refractivity contribution is -0.180. The number of esters is 2. The van der Waals surface area contributed by atoms with E-state index in [1.54, 1.807) is 24.3 Å². The fourth-order valence-electron chi connectivity index (χ4n) is 2.15. The topological polar surface area (TPSA) is 61.8 Å². The molecule has 1 aliphatic heterocycles. The first kappa shape index (κ1) is 14.5. The highest BCUT2D eigenvalue weighted by molar-refractivity contribution is 5.89. The van der Waals surface area contributed by atoms with Gasteiger partial charge in [-0.2, -0.15) is 0 Å². The largest absolute Gasteiger partial charge is 0.459 e. The van der Waals surface area contributed by atoms with E-state index in [-0.39, 0.29) is 30.6 Å². The molecule has 1 unspecified atom stereocenters. The van der Waals surface area contributed by atoms with Gasteiger partial charge in [-0.3, -0.25) is 4.79 Å². The van der Waals surface area contributed by atoms with E-state index in [4.69, 9.17) is 14.2 Å². The molecule has 0 aliphatic carbocycles. The van der Waals surface area contributed by atoms with Crippen LogP contribution in [0, 0.1) is 5.92 Å². The van der Waals surface area contributed by atoms with Gasteiger partial charge >= 0.3 is 11.9 Å². The predicted molar refractivity (Wildman–Crippen MR) is 70.9 cm³/mol. The summed E-state index contributed by atoms with van der Waals surface area (Å²) in [6, 6.07) is 8.79. The Kier molecular flexibility index (Phi) is 4.74. The zero-order valence-corrected chi connectivity index (χ0v) is 11.6. The molecule has 1 aromatic rings. The van der Waals surface area contributed by atoms with E-state index in [9.17, 15) is 9.59 Å². The molecule has 1 heterocycles. The number of carbonyl (C=O) groups is 2. The van der Waals surface area contributed by atoms with Gasteiger partial charge in [0.1, 0.15) is 6.61 Å². The maximum Gasteiger partial charge on any atom is 0.338 e. The van der Waals surface area contributed by atoms with Crippen LogP contribution in [-0.2, 0) is 19.0 Å². The molecule has 0 aromatic heterocycles. The summed E-state index contributed by atoms with van der Waals surface area (Å²) >= 11 is 0. The van der Waals surface area contributed by atoms with Gasteiger partial charge in [0.25, 0.3) is 0 Å². The van der Waals surface area contributed by atoms with Gasteiger partial charge < -0.3 is 14.2 Å². The Labute approximate surface area is 117 Å². The second-order valence-electron chi connectivity index (χ2n) is 4.91. The molecule has 0 spiro atoms. The first-order valence-electron chi connectivity index (χ1n) is 6.61. The smallest absolute Gasteiger partial charge is 0.338 e. The molecule has 1 aliphatic rings. The molecular weight excluding hydrogens is 260 g/mol. The quantitative estimate of drug-likeness (QED) is 0.790. The third kappa shape index (κ3) is 3.81. The minimum atomic E-state index is -0.548. The summed E-state index contributed by atoms with van der Waals surface area (Å²) in [5.41, 5.74) is 0.509. The standard InChI is InChI=1S/C15H18O5/c1-10-8-13(20-15(10)19-11(2)16)9-18-14(17)12-6-4-3-5-7-12/h3-7,10,13,15H,8-9H2,1-2H3/t10-,13-,15?/m0/s1. The lowest BCUT2D eigenvalue weighted by atomic mass is 10.1. The van der Waals surface area contributed by atoms with Gasteiger partial charge in [0, 0.05) is 12.8 Å². The highest BCUT2D eigenvalue weighted by Gasteiger charge is 2.35. The number of benzene rings is 1. The maximum absolute atomic E-state index is 11.8. The van der Waals surface area contributed by atoms with Crippen LogP contribution in [0.1, 0.15) is 30.6 Å². The highest BCUT2D eigenvalue weighted by Crippen LogP contribution is 2.27. The van der Waals surface area contributed by atoms with Gasteiger partial charge in [-0.15, -0.1) is 0 Å². The van der Waals surface area contributed by atoms with Crippen molar-refractivity contribution in [3.63, 3.8) is 0 Å². The number of carbonyl (C=O) groups excluding carboxylic acids is 2. The van der Waals surface area contributed by atoms with Crippen LogP contribution < -0.4 is 0 Å². The molecule has 1 saturated heterocycles. The van der Waals surface area contributed by atoms with Crippen molar-refractivity contribution < 1.29 is 23.8 Å². The number of ether oxygens (including phenoxy) is 3. The molecule has 0 saturated carbocycles. The number of hydrogen-bond acceptors (Lipinski definition) is 5. The zero-order valence-electron chi connectivity index (χ0n) is 11.6. The minimum Gasteiger partial charge on any atom is -0.459 e. The predicted octanol–water partition coefficient (Wildman–Crippen LogP) is 2.16. The molecule has 5 nitrogen and oxygen atoms in total. The molecule has 3 atom stereocenters. The first-order chi connectivity index (χ1) is 9.56. The zero-order chi connectivity index (χ0) is 14.5. The van der Waals surface area contributed by atoms with E-state index in [1.807, 2.05) is 13.0 Å². The van der Waals surface area contributed by atoms with Crippen LogP contribution in [0.3, 0.4) is 0 Å². The Morgan fingerprint density at radius 3 is 2.65 bits per heavy atom. The summed E-state index contributed by atoms with van der Waals surface area (Å²) in [4.78, 5) is 22.7. The van der Waals surface area contributed by atoms with Gasteiger partial charge in [-0.05, 0) is 18.6 Å². The van der Waals surface area contributed by atoms with Crippen LogP contribution in [0.4, 0.5) is 0 Å². The average molecular weight is 278 g/mol. The van der Waals surface area contributed by atoms with Crippen LogP contribution in [0.2, 0.25) is 0 Å². The molecule has 20 heavy (non-hydrogen) atoms. The van der Waals surface area contributed by atoms with E-state index >= 15 is 0 Å². The molecule has 5 heteroatoms. The normalized spacial score (nSPS) is 25.2.